The second-order valence-electron chi connectivity index (χ2n) is 5.65. The van der Waals surface area contributed by atoms with Crippen LogP contribution in [-0.2, 0) is 0 Å². The normalized spacial score (nSPS) is 10.7. The summed E-state index contributed by atoms with van der Waals surface area (Å²) in [7, 11) is 0. The molecule has 2 heterocycles. The highest BCUT2D eigenvalue weighted by Crippen LogP contribution is 2.10. The van der Waals surface area contributed by atoms with E-state index >= 15 is 0 Å². The summed E-state index contributed by atoms with van der Waals surface area (Å²) in [6, 6.07) is 8.02. The molecule has 0 atom stereocenters. The third-order valence-corrected chi connectivity index (χ3v) is 3.42. The minimum atomic E-state index is -0.0211. The van der Waals surface area contributed by atoms with Gasteiger partial charge in [0.2, 0.25) is 0 Å². The molecule has 5 heteroatoms. The van der Waals surface area contributed by atoms with E-state index in [1.807, 2.05) is 48.1 Å². The lowest BCUT2D eigenvalue weighted by molar-refractivity contribution is 0.0943. The van der Waals surface area contributed by atoms with Gasteiger partial charge in [-0.3, -0.25) is 4.79 Å². The minimum Gasteiger partial charge on any atom is -0.370 e. The topological polar surface area (TPSA) is 58.9 Å². The number of nitrogens with one attached hydrogen (secondary N) is 2. The van der Waals surface area contributed by atoms with Gasteiger partial charge >= 0.3 is 0 Å². The van der Waals surface area contributed by atoms with E-state index in [1.54, 1.807) is 0 Å². The maximum atomic E-state index is 12.1. The summed E-state index contributed by atoms with van der Waals surface area (Å²) in [6.07, 6.45) is 4.62. The molecule has 0 saturated carbocycles. The fourth-order valence-electron chi connectivity index (χ4n) is 2.21. The van der Waals surface area contributed by atoms with Crippen molar-refractivity contribution in [2.24, 2.45) is 0 Å². The molecular formula is C17H24N4O. The Balaban J connectivity index is 1.71. The predicted molar refractivity (Wildman–Crippen MR) is 89.2 cm³/mol. The highest BCUT2D eigenvalue weighted by Gasteiger charge is 2.11. The number of rotatable bonds is 7. The summed E-state index contributed by atoms with van der Waals surface area (Å²) in [6.45, 7) is 7.56. The number of nitrogens with zero attached hydrogens (tertiary/aromatic N) is 2. The van der Waals surface area contributed by atoms with Crippen LogP contribution in [0.25, 0.3) is 0 Å². The van der Waals surface area contributed by atoms with Gasteiger partial charge in [-0.1, -0.05) is 6.07 Å². The van der Waals surface area contributed by atoms with Gasteiger partial charge in [0.05, 0.1) is 0 Å². The van der Waals surface area contributed by atoms with E-state index in [1.165, 1.54) is 0 Å². The van der Waals surface area contributed by atoms with Crippen molar-refractivity contribution in [1.29, 1.82) is 0 Å². The van der Waals surface area contributed by atoms with Gasteiger partial charge in [0.15, 0.2) is 0 Å². The van der Waals surface area contributed by atoms with Crippen LogP contribution in [0, 0.1) is 6.92 Å². The zero-order valence-electron chi connectivity index (χ0n) is 13.5. The average Bonchev–Trinajstić information content (AvgIpc) is 2.98. The van der Waals surface area contributed by atoms with Crippen LogP contribution in [0.4, 0.5) is 5.82 Å². The van der Waals surface area contributed by atoms with Crippen molar-refractivity contribution < 1.29 is 4.79 Å². The lowest BCUT2D eigenvalue weighted by Gasteiger charge is -2.13. The van der Waals surface area contributed by atoms with Gasteiger partial charge < -0.3 is 15.2 Å². The van der Waals surface area contributed by atoms with Crippen molar-refractivity contribution in [3.05, 3.63) is 47.9 Å². The Bertz CT molecular complexity index is 601. The maximum Gasteiger partial charge on any atom is 0.267 e. The van der Waals surface area contributed by atoms with Crippen molar-refractivity contribution in [2.75, 3.05) is 18.4 Å². The number of pyridine rings is 1. The molecular weight excluding hydrogens is 276 g/mol. The van der Waals surface area contributed by atoms with Crippen LogP contribution in [0.2, 0.25) is 0 Å². The first-order valence-electron chi connectivity index (χ1n) is 7.69. The second-order valence-corrected chi connectivity index (χ2v) is 5.65. The molecule has 2 rings (SSSR count). The summed E-state index contributed by atoms with van der Waals surface area (Å²) < 4.78 is 1.98. The van der Waals surface area contributed by atoms with E-state index in [2.05, 4.69) is 29.5 Å². The van der Waals surface area contributed by atoms with E-state index in [0.29, 0.717) is 12.2 Å². The molecule has 2 aromatic heterocycles. The molecule has 2 N–H and O–H groups in total. The molecule has 22 heavy (non-hydrogen) atoms. The Labute approximate surface area is 131 Å². The van der Waals surface area contributed by atoms with Crippen LogP contribution in [0.1, 0.15) is 42.4 Å². The Morgan fingerprint density at radius 2 is 2.09 bits per heavy atom. The molecule has 0 radical (unpaired) electrons. The fourth-order valence-corrected chi connectivity index (χ4v) is 2.21. The third-order valence-electron chi connectivity index (χ3n) is 3.42. The quantitative estimate of drug-likeness (QED) is 0.773. The zero-order chi connectivity index (χ0) is 15.9. The summed E-state index contributed by atoms with van der Waals surface area (Å²) in [5.41, 5.74) is 1.86. The van der Waals surface area contributed by atoms with Crippen molar-refractivity contribution >= 4 is 11.7 Å². The molecule has 0 unspecified atom stereocenters. The van der Waals surface area contributed by atoms with Gasteiger partial charge in [-0.2, -0.15) is 0 Å². The van der Waals surface area contributed by atoms with Crippen LogP contribution in [0.3, 0.4) is 0 Å². The third kappa shape index (κ3) is 4.35. The number of aromatic nitrogens is 2. The van der Waals surface area contributed by atoms with Gasteiger partial charge in [-0.05, 0) is 51.0 Å². The molecule has 0 aliphatic heterocycles. The highest BCUT2D eigenvalue weighted by atomic mass is 16.1. The first kappa shape index (κ1) is 16.1. The summed E-state index contributed by atoms with van der Waals surface area (Å²) in [5.74, 6) is 0.845. The van der Waals surface area contributed by atoms with Crippen LogP contribution < -0.4 is 10.6 Å². The Morgan fingerprint density at radius 1 is 1.27 bits per heavy atom. The van der Waals surface area contributed by atoms with E-state index < -0.39 is 0 Å². The lowest BCUT2D eigenvalue weighted by atomic mass is 10.3. The smallest absolute Gasteiger partial charge is 0.267 e. The number of hydrogen-bond donors (Lipinski definition) is 2. The number of anilines is 1. The first-order chi connectivity index (χ1) is 10.6. The first-order valence-corrected chi connectivity index (χ1v) is 7.69. The second kappa shape index (κ2) is 7.64. The Morgan fingerprint density at radius 3 is 2.77 bits per heavy atom. The Kier molecular flexibility index (Phi) is 5.58. The molecule has 0 aliphatic carbocycles. The summed E-state index contributed by atoms with van der Waals surface area (Å²) in [4.78, 5) is 16.4. The average molecular weight is 300 g/mol. The van der Waals surface area contributed by atoms with E-state index in [-0.39, 0.29) is 11.9 Å². The summed E-state index contributed by atoms with van der Waals surface area (Å²) in [5, 5.41) is 6.20. The zero-order valence-corrected chi connectivity index (χ0v) is 13.5. The molecule has 118 valence electrons. The molecule has 2 aromatic rings. The van der Waals surface area contributed by atoms with E-state index in [0.717, 1.165) is 24.3 Å². The molecule has 0 aliphatic rings. The fraction of sp³-hybridized carbons (Fsp3) is 0.412. The molecule has 5 nitrogen and oxygen atoms in total. The number of carbonyl (C=O) groups excluding carboxylic acids is 1. The number of aryl methyl sites for hydroxylation is 1. The summed E-state index contributed by atoms with van der Waals surface area (Å²) >= 11 is 0. The van der Waals surface area contributed by atoms with Crippen LogP contribution >= 0.6 is 0 Å². The maximum absolute atomic E-state index is 12.1. The SMILES string of the molecule is Cc1ccc(NCCCNC(=O)c2cccn2C(C)C)nc1. The molecule has 0 aromatic carbocycles. The van der Waals surface area contributed by atoms with Crippen LogP contribution in [-0.4, -0.2) is 28.5 Å². The van der Waals surface area contributed by atoms with E-state index in [9.17, 15) is 4.79 Å². The van der Waals surface area contributed by atoms with Crippen LogP contribution in [0.15, 0.2) is 36.7 Å². The van der Waals surface area contributed by atoms with Crippen molar-refractivity contribution in [1.82, 2.24) is 14.9 Å². The molecule has 0 fully saturated rings. The minimum absolute atomic E-state index is 0.0211. The van der Waals surface area contributed by atoms with Crippen molar-refractivity contribution in [3.8, 4) is 0 Å². The van der Waals surface area contributed by atoms with Gasteiger partial charge in [0.1, 0.15) is 11.5 Å². The predicted octanol–water partition coefficient (Wildman–Crippen LogP) is 3.00. The molecule has 0 bridgehead atoms. The van der Waals surface area contributed by atoms with Crippen molar-refractivity contribution in [2.45, 2.75) is 33.2 Å². The molecule has 0 spiro atoms. The van der Waals surface area contributed by atoms with Gasteiger partial charge in [0.25, 0.3) is 5.91 Å². The Hall–Kier alpha value is -2.30. The van der Waals surface area contributed by atoms with Crippen molar-refractivity contribution in [3.63, 3.8) is 0 Å². The van der Waals surface area contributed by atoms with Gasteiger partial charge in [-0.25, -0.2) is 4.98 Å². The van der Waals surface area contributed by atoms with Gasteiger partial charge in [-0.15, -0.1) is 0 Å². The molecule has 0 saturated heterocycles. The van der Waals surface area contributed by atoms with E-state index in [4.69, 9.17) is 0 Å². The number of hydrogen-bond acceptors (Lipinski definition) is 3. The monoisotopic (exact) mass is 300 g/mol. The lowest BCUT2D eigenvalue weighted by Crippen LogP contribution is -2.28. The van der Waals surface area contributed by atoms with Gasteiger partial charge in [0, 0.05) is 31.5 Å². The number of carbonyl (C=O) groups is 1. The number of amides is 1. The largest absolute Gasteiger partial charge is 0.370 e. The standard InChI is InChI=1S/C17H24N4O/c1-13(2)21-11-4-6-15(21)17(22)19-10-5-9-18-16-8-7-14(3)12-20-16/h4,6-8,11-13H,5,9-10H2,1-3H3,(H,18,20)(H,19,22). The molecule has 1 amide bonds. The highest BCUT2D eigenvalue weighted by molar-refractivity contribution is 5.92. The van der Waals surface area contributed by atoms with Crippen LogP contribution in [0.5, 0.6) is 0 Å².